The molecule has 6 aliphatic rings. The van der Waals surface area contributed by atoms with Crippen LogP contribution in [-0.4, -0.2) is 41.1 Å². The minimum Gasteiger partial charge on any atom is -0.510 e. The zero-order chi connectivity index (χ0) is 31.6. The lowest BCUT2D eigenvalue weighted by atomic mass is 9.84. The van der Waals surface area contributed by atoms with Gasteiger partial charge in [-0.3, -0.25) is 4.79 Å². The van der Waals surface area contributed by atoms with Crippen molar-refractivity contribution in [2.45, 2.75) is 60.8 Å². The van der Waals surface area contributed by atoms with Gasteiger partial charge in [-0.1, -0.05) is 26.5 Å². The summed E-state index contributed by atoms with van der Waals surface area (Å²) in [7, 11) is 1.32. The quantitative estimate of drug-likeness (QED) is 0.338. The van der Waals surface area contributed by atoms with Gasteiger partial charge in [0.2, 0.25) is 0 Å². The minimum absolute atomic E-state index is 0.0249. The number of ether oxygens (including phenoxy) is 1. The second kappa shape index (κ2) is 10.8. The molecule has 226 valence electrons. The molecule has 0 spiro atoms. The molecule has 1 aliphatic carbocycles. The van der Waals surface area contributed by atoms with Gasteiger partial charge in [0.05, 0.1) is 41.3 Å². The second-order valence-corrected chi connectivity index (χ2v) is 12.1. The van der Waals surface area contributed by atoms with Gasteiger partial charge in [-0.15, -0.1) is 0 Å². The summed E-state index contributed by atoms with van der Waals surface area (Å²) in [6.07, 6.45) is 9.63. The molecule has 2 N–H and O–H groups in total. The number of esters is 1. The molecule has 0 amide bonds. The highest BCUT2D eigenvalue weighted by atomic mass is 16.5. The Kier molecular flexibility index (Phi) is 7.26. The number of rotatable bonds is 6. The van der Waals surface area contributed by atoms with Gasteiger partial charge in [-0.2, -0.15) is 0 Å². The van der Waals surface area contributed by atoms with Crippen molar-refractivity contribution in [2.75, 3.05) is 7.11 Å². The predicted molar refractivity (Wildman–Crippen MR) is 173 cm³/mol. The number of aliphatic hydroxyl groups excluding tert-OH is 1. The number of Topliss-reactive ketones (excluding diaryl/α,β-unsaturated/α-hetero) is 1. The average molecular weight is 591 g/mol. The molecule has 0 aromatic carbocycles. The van der Waals surface area contributed by atoms with E-state index in [2.05, 4.69) is 32.7 Å². The monoisotopic (exact) mass is 590 g/mol. The molecule has 0 radical (unpaired) electrons. The third kappa shape index (κ3) is 4.38. The first-order valence-electron chi connectivity index (χ1n) is 15.2. The van der Waals surface area contributed by atoms with Crippen molar-refractivity contribution in [3.05, 3.63) is 104 Å². The lowest BCUT2D eigenvalue weighted by Crippen LogP contribution is -2.24. The number of allylic oxidation sites excluding steroid dienone is 11. The number of aliphatic hydroxyl groups is 1. The van der Waals surface area contributed by atoms with Crippen LogP contribution in [0.3, 0.4) is 0 Å². The van der Waals surface area contributed by atoms with Gasteiger partial charge < -0.3 is 20.0 Å². The number of nitrogens with one attached hydrogen (secondary N) is 1. The van der Waals surface area contributed by atoms with E-state index in [-0.39, 0.29) is 23.4 Å². The summed E-state index contributed by atoms with van der Waals surface area (Å²) in [5.74, 6) is -1.71. The van der Waals surface area contributed by atoms with Crippen LogP contribution >= 0.6 is 0 Å². The van der Waals surface area contributed by atoms with Crippen LogP contribution < -0.4 is 5.32 Å². The number of carbonyl (C=O) groups excluding carboxylic acids is 2. The largest absolute Gasteiger partial charge is 0.510 e. The Morgan fingerprint density at radius 1 is 1.05 bits per heavy atom. The summed E-state index contributed by atoms with van der Waals surface area (Å²) < 4.78 is 5.21. The molecule has 0 aromatic rings. The third-order valence-corrected chi connectivity index (χ3v) is 9.67. The van der Waals surface area contributed by atoms with Crippen LogP contribution in [0.1, 0.15) is 60.8 Å². The van der Waals surface area contributed by atoms with Crippen molar-refractivity contribution in [1.82, 2.24) is 5.32 Å². The maximum atomic E-state index is 13.3. The normalized spacial score (nSPS) is 25.7. The van der Waals surface area contributed by atoms with Gasteiger partial charge in [-0.05, 0) is 81.1 Å². The molecule has 44 heavy (non-hydrogen) atoms. The Bertz CT molecular complexity index is 1810. The van der Waals surface area contributed by atoms with Crippen molar-refractivity contribution in [3.63, 3.8) is 0 Å². The topological polar surface area (TPSA) is 113 Å². The van der Waals surface area contributed by atoms with Crippen LogP contribution in [0.25, 0.3) is 0 Å². The van der Waals surface area contributed by atoms with Crippen molar-refractivity contribution in [1.29, 1.82) is 0 Å². The van der Waals surface area contributed by atoms with E-state index < -0.39 is 11.9 Å². The Hall–Kier alpha value is -4.59. The van der Waals surface area contributed by atoms with Crippen LogP contribution in [0.5, 0.6) is 0 Å². The fraction of sp³-hybridized carbons (Fsp3) is 0.361. The molecule has 3 unspecified atom stereocenters. The van der Waals surface area contributed by atoms with E-state index in [4.69, 9.17) is 19.7 Å². The van der Waals surface area contributed by atoms with E-state index in [1.165, 1.54) is 7.11 Å². The number of methoxy groups -OCH3 is 1. The molecule has 6 rings (SSSR count). The molecular formula is C36H38N4O4. The number of hydrogen-bond donors (Lipinski definition) is 2. The minimum atomic E-state index is -1.03. The fourth-order valence-corrected chi connectivity index (χ4v) is 7.13. The molecule has 5 heterocycles. The molecule has 0 saturated carbocycles. The highest BCUT2D eigenvalue weighted by Gasteiger charge is 2.49. The van der Waals surface area contributed by atoms with Crippen molar-refractivity contribution < 1.29 is 19.4 Å². The molecule has 1 fully saturated rings. The lowest BCUT2D eigenvalue weighted by molar-refractivity contribution is -0.143. The van der Waals surface area contributed by atoms with Crippen molar-refractivity contribution >= 4 is 28.9 Å². The van der Waals surface area contributed by atoms with E-state index in [9.17, 15) is 14.7 Å². The third-order valence-electron chi connectivity index (χ3n) is 9.67. The van der Waals surface area contributed by atoms with Crippen molar-refractivity contribution in [3.8, 4) is 0 Å². The average Bonchev–Trinajstić information content (AvgIpc) is 3.72. The number of carbonyl (C=O) groups is 2. The van der Waals surface area contributed by atoms with Gasteiger partial charge in [0, 0.05) is 46.4 Å². The Balaban J connectivity index is 1.67. The summed E-state index contributed by atoms with van der Waals surface area (Å²) in [5.41, 5.74) is 12.3. The molecule has 8 heteroatoms. The van der Waals surface area contributed by atoms with Crippen LogP contribution in [0.4, 0.5) is 0 Å². The number of hydrogen-bond acceptors (Lipinski definition) is 8. The number of fused-ring (bicyclic) bond motifs is 5. The Morgan fingerprint density at radius 3 is 2.41 bits per heavy atom. The van der Waals surface area contributed by atoms with Crippen molar-refractivity contribution in [2.24, 2.45) is 32.7 Å². The van der Waals surface area contributed by atoms with Crippen LogP contribution in [0.2, 0.25) is 0 Å². The summed E-state index contributed by atoms with van der Waals surface area (Å²) in [5, 5.41) is 15.2. The van der Waals surface area contributed by atoms with E-state index >= 15 is 0 Å². The smallest absolute Gasteiger partial charge is 0.321 e. The van der Waals surface area contributed by atoms with E-state index in [1.807, 2.05) is 38.2 Å². The van der Waals surface area contributed by atoms with Gasteiger partial charge in [0.1, 0.15) is 17.5 Å². The Morgan fingerprint density at radius 2 is 1.75 bits per heavy atom. The highest BCUT2D eigenvalue weighted by molar-refractivity contribution is 6.24. The first kappa shape index (κ1) is 29.5. The maximum absolute atomic E-state index is 13.3. The molecule has 8 bridgehead atoms. The summed E-state index contributed by atoms with van der Waals surface area (Å²) >= 11 is 0. The molecule has 1 saturated heterocycles. The molecule has 3 atom stereocenters. The van der Waals surface area contributed by atoms with Gasteiger partial charge in [0.25, 0.3) is 0 Å². The molecule has 8 nitrogen and oxygen atoms in total. The SMILES string of the molecule is C=CC1=C(C)C2=NC1=CC1=NC(=CC3=C(C)C4=C(O)C(C(=O)OC)C(=C5NC(=C2)C(C)C5CCC(C)=O)C4=N3)C(CC)=C1C. The zero-order valence-corrected chi connectivity index (χ0v) is 26.4. The number of aliphatic imine (C=N–C) groups is 3. The fourth-order valence-electron chi connectivity index (χ4n) is 7.13. The maximum Gasteiger partial charge on any atom is 0.321 e. The van der Waals surface area contributed by atoms with Gasteiger partial charge in [-0.25, -0.2) is 15.0 Å². The second-order valence-electron chi connectivity index (χ2n) is 12.1. The summed E-state index contributed by atoms with van der Waals surface area (Å²) in [6.45, 7) is 15.9. The summed E-state index contributed by atoms with van der Waals surface area (Å²) in [6, 6.07) is 0. The molecule has 5 aliphatic heterocycles. The van der Waals surface area contributed by atoms with Crippen LogP contribution in [0, 0.1) is 17.8 Å². The first-order chi connectivity index (χ1) is 21.0. The zero-order valence-electron chi connectivity index (χ0n) is 26.4. The number of nitrogens with zero attached hydrogens (tertiary/aromatic N) is 3. The van der Waals surface area contributed by atoms with Gasteiger partial charge in [0.15, 0.2) is 0 Å². The standard InChI is InChI=1S/C36H38N4O4/c1-9-21-17(4)24-13-26-19(6)23(12-11-16(3)41)33(39-26)31-32(36(43)44-8)35(42)30-20(7)27(40-34(30)31)15-29-22(10-2)18(5)25(38-29)14-28(21)37-24/h9,13-15,19,23,32,39,42H,1,10-12H2,2-8H3. The Labute approximate surface area is 258 Å². The lowest BCUT2D eigenvalue weighted by Gasteiger charge is -2.20. The van der Waals surface area contributed by atoms with E-state index in [1.54, 1.807) is 6.92 Å². The van der Waals surface area contributed by atoms with E-state index in [0.717, 1.165) is 68.5 Å². The van der Waals surface area contributed by atoms with Crippen LogP contribution in [0.15, 0.2) is 119 Å². The summed E-state index contributed by atoms with van der Waals surface area (Å²) in [4.78, 5) is 40.6. The highest BCUT2D eigenvalue weighted by Crippen LogP contribution is 2.49. The molecular weight excluding hydrogens is 552 g/mol. The number of ketones is 1. The molecule has 0 aromatic heterocycles. The first-order valence-corrected chi connectivity index (χ1v) is 15.2. The predicted octanol–water partition coefficient (Wildman–Crippen LogP) is 6.61. The van der Waals surface area contributed by atoms with Gasteiger partial charge >= 0.3 is 5.97 Å². The van der Waals surface area contributed by atoms with Crippen LogP contribution in [-0.2, 0) is 14.3 Å². The van der Waals surface area contributed by atoms with E-state index in [0.29, 0.717) is 35.4 Å².